The van der Waals surface area contributed by atoms with Crippen LogP contribution in [-0.2, 0) is 15.4 Å². The summed E-state index contributed by atoms with van der Waals surface area (Å²) >= 11 is 8.05. The van der Waals surface area contributed by atoms with Crippen molar-refractivity contribution in [2.45, 2.75) is 36.2 Å². The van der Waals surface area contributed by atoms with Gasteiger partial charge in [0.2, 0.25) is 0 Å². The zero-order valence-corrected chi connectivity index (χ0v) is 20.4. The molecule has 0 amide bonds. The third-order valence-electron chi connectivity index (χ3n) is 6.10. The summed E-state index contributed by atoms with van der Waals surface area (Å²) in [6.07, 6.45) is 4.55. The molecule has 0 radical (unpaired) electrons. The first kappa shape index (κ1) is 22.3. The lowest BCUT2D eigenvalue weighted by molar-refractivity contribution is 0.0396. The zero-order valence-electron chi connectivity index (χ0n) is 18.0. The van der Waals surface area contributed by atoms with Gasteiger partial charge in [0.1, 0.15) is 5.60 Å². The quantitative estimate of drug-likeness (QED) is 0.361. The molecule has 0 saturated heterocycles. The van der Waals surface area contributed by atoms with Crippen molar-refractivity contribution < 1.29 is 13.5 Å². The molecule has 1 aliphatic carbocycles. The molecule has 2 heterocycles. The van der Waals surface area contributed by atoms with E-state index < -0.39 is 15.4 Å². The van der Waals surface area contributed by atoms with Gasteiger partial charge in [-0.15, -0.1) is 11.3 Å². The monoisotopic (exact) mass is 498 g/mol. The van der Waals surface area contributed by atoms with Crippen molar-refractivity contribution >= 4 is 32.8 Å². The van der Waals surface area contributed by atoms with Crippen molar-refractivity contribution in [1.82, 2.24) is 9.78 Å². The fourth-order valence-electron chi connectivity index (χ4n) is 4.32. The summed E-state index contributed by atoms with van der Waals surface area (Å²) in [5, 5.41) is 16.6. The Labute approximate surface area is 202 Å². The number of hydrogen-bond acceptors (Lipinski definition) is 5. The van der Waals surface area contributed by atoms with Crippen LogP contribution in [0.2, 0.25) is 5.02 Å². The van der Waals surface area contributed by atoms with E-state index >= 15 is 0 Å². The number of aliphatic hydroxyl groups is 1. The number of hydrogen-bond donors (Lipinski definition) is 1. The first-order valence-corrected chi connectivity index (χ1v) is 13.8. The van der Waals surface area contributed by atoms with Crippen LogP contribution in [0.25, 0.3) is 26.7 Å². The maximum Gasteiger partial charge on any atom is 0.175 e. The highest BCUT2D eigenvalue weighted by Crippen LogP contribution is 2.42. The van der Waals surface area contributed by atoms with Crippen LogP contribution < -0.4 is 0 Å². The normalized spacial score (nSPS) is 15.7. The molecule has 5 rings (SSSR count). The van der Waals surface area contributed by atoms with Gasteiger partial charge in [-0.1, -0.05) is 48.7 Å². The van der Waals surface area contributed by atoms with Crippen LogP contribution in [0.5, 0.6) is 0 Å². The molecule has 5 nitrogen and oxygen atoms in total. The van der Waals surface area contributed by atoms with E-state index in [2.05, 4.69) is 0 Å². The summed E-state index contributed by atoms with van der Waals surface area (Å²) < 4.78 is 25.8. The van der Waals surface area contributed by atoms with Crippen LogP contribution >= 0.6 is 22.9 Å². The summed E-state index contributed by atoms with van der Waals surface area (Å²) in [5.41, 5.74) is 2.16. The van der Waals surface area contributed by atoms with E-state index in [9.17, 15) is 13.5 Å². The van der Waals surface area contributed by atoms with Gasteiger partial charge in [-0.25, -0.2) is 13.1 Å². The Hall–Kier alpha value is -2.45. The van der Waals surface area contributed by atoms with Gasteiger partial charge < -0.3 is 5.11 Å². The molecule has 2 aromatic heterocycles. The Morgan fingerprint density at radius 1 is 1.00 bits per heavy atom. The minimum atomic E-state index is -3.29. The van der Waals surface area contributed by atoms with E-state index in [-0.39, 0.29) is 0 Å². The number of thiophene rings is 1. The number of para-hydroxylation sites is 1. The highest BCUT2D eigenvalue weighted by molar-refractivity contribution is 7.90. The summed E-state index contributed by atoms with van der Waals surface area (Å²) in [6, 6.07) is 20.4. The second kappa shape index (κ2) is 8.40. The van der Waals surface area contributed by atoms with Gasteiger partial charge in [-0.2, -0.15) is 5.10 Å². The molecule has 1 aliphatic rings. The maximum absolute atomic E-state index is 12.0. The van der Waals surface area contributed by atoms with E-state index in [0.29, 0.717) is 28.5 Å². The highest BCUT2D eigenvalue weighted by Gasteiger charge is 2.36. The molecule has 2 aromatic carbocycles. The number of rotatable bonds is 5. The first-order valence-electron chi connectivity index (χ1n) is 10.7. The third kappa shape index (κ3) is 4.26. The summed E-state index contributed by atoms with van der Waals surface area (Å²) in [5.74, 6) is 0. The molecule has 1 saturated carbocycles. The van der Waals surface area contributed by atoms with Gasteiger partial charge in [0.05, 0.1) is 31.9 Å². The molecule has 0 spiro atoms. The fraction of sp³-hybridized carbons (Fsp3) is 0.240. The summed E-state index contributed by atoms with van der Waals surface area (Å²) in [4.78, 5) is 2.19. The van der Waals surface area contributed by atoms with Crippen molar-refractivity contribution in [2.24, 2.45) is 0 Å². The van der Waals surface area contributed by atoms with Gasteiger partial charge >= 0.3 is 0 Å². The van der Waals surface area contributed by atoms with E-state index in [1.165, 1.54) is 6.26 Å². The lowest BCUT2D eigenvalue weighted by Gasteiger charge is -2.18. The van der Waals surface area contributed by atoms with Crippen molar-refractivity contribution in [3.8, 4) is 26.7 Å². The van der Waals surface area contributed by atoms with Crippen LogP contribution in [0, 0.1) is 0 Å². The average molecular weight is 499 g/mol. The predicted molar refractivity (Wildman–Crippen MR) is 133 cm³/mol. The Morgan fingerprint density at radius 3 is 2.45 bits per heavy atom. The van der Waals surface area contributed by atoms with E-state index in [4.69, 9.17) is 16.7 Å². The first-order chi connectivity index (χ1) is 15.7. The smallest absolute Gasteiger partial charge is 0.175 e. The van der Waals surface area contributed by atoms with Crippen LogP contribution in [0.3, 0.4) is 0 Å². The van der Waals surface area contributed by atoms with Crippen molar-refractivity contribution in [3.05, 3.63) is 77.4 Å². The topological polar surface area (TPSA) is 72.2 Å². The molecule has 170 valence electrons. The molecule has 0 bridgehead atoms. The summed E-state index contributed by atoms with van der Waals surface area (Å²) in [7, 11) is -3.29. The number of nitrogens with zero attached hydrogens (tertiary/aromatic N) is 2. The van der Waals surface area contributed by atoms with E-state index in [0.717, 1.165) is 39.5 Å². The molecule has 33 heavy (non-hydrogen) atoms. The fourth-order valence-corrected chi connectivity index (χ4v) is 6.20. The molecule has 8 heteroatoms. The second-order valence-electron chi connectivity index (χ2n) is 8.48. The Morgan fingerprint density at radius 2 is 1.73 bits per heavy atom. The molecule has 0 aliphatic heterocycles. The van der Waals surface area contributed by atoms with E-state index in [1.54, 1.807) is 34.2 Å². The minimum absolute atomic E-state index is 0.293. The van der Waals surface area contributed by atoms with Gasteiger partial charge in [0.15, 0.2) is 9.84 Å². The number of benzene rings is 2. The standard InChI is InChI=1S/C25H23ClN2O3S2/c1-33(30,31)18-8-6-7-17(15-18)22-11-12-23(32-22)21-16-24(25(29)13-4-5-14-25)27-28(21)20-10-3-2-9-19(20)26/h2-3,6-12,15-16,29H,4-5,13-14H2,1H3. The van der Waals surface area contributed by atoms with Gasteiger partial charge in [0, 0.05) is 11.1 Å². The van der Waals surface area contributed by atoms with Crippen LogP contribution in [0.1, 0.15) is 31.4 Å². The predicted octanol–water partition coefficient (Wildman–Crippen LogP) is 6.09. The lowest BCUT2D eigenvalue weighted by atomic mass is 9.98. The largest absolute Gasteiger partial charge is 0.383 e. The van der Waals surface area contributed by atoms with Crippen molar-refractivity contribution in [2.75, 3.05) is 6.26 Å². The molecular formula is C25H23ClN2O3S2. The minimum Gasteiger partial charge on any atom is -0.383 e. The second-order valence-corrected chi connectivity index (χ2v) is 12.0. The number of halogens is 1. The zero-order chi connectivity index (χ0) is 23.2. The maximum atomic E-state index is 12.0. The Kier molecular flexibility index (Phi) is 5.69. The van der Waals surface area contributed by atoms with Crippen molar-refractivity contribution in [1.29, 1.82) is 0 Å². The van der Waals surface area contributed by atoms with Crippen LogP contribution in [0.15, 0.2) is 71.6 Å². The molecule has 0 unspecified atom stereocenters. The van der Waals surface area contributed by atoms with Crippen LogP contribution in [0.4, 0.5) is 0 Å². The average Bonchev–Trinajstić information content (AvgIpc) is 3.53. The molecule has 1 fully saturated rings. The van der Waals surface area contributed by atoms with Gasteiger partial charge in [0.25, 0.3) is 0 Å². The van der Waals surface area contributed by atoms with Crippen LogP contribution in [-0.4, -0.2) is 29.6 Å². The Bertz CT molecular complexity index is 1430. The molecule has 0 atom stereocenters. The number of aromatic nitrogens is 2. The third-order valence-corrected chi connectivity index (χ3v) is 8.69. The van der Waals surface area contributed by atoms with Crippen molar-refractivity contribution in [3.63, 3.8) is 0 Å². The van der Waals surface area contributed by atoms with E-state index in [1.807, 2.05) is 48.5 Å². The summed E-state index contributed by atoms with van der Waals surface area (Å²) in [6.45, 7) is 0. The molecular weight excluding hydrogens is 476 g/mol. The SMILES string of the molecule is CS(=O)(=O)c1cccc(-c2ccc(-c3cc(C4(O)CCCC4)nn3-c3ccccc3Cl)s2)c1. The lowest BCUT2D eigenvalue weighted by Crippen LogP contribution is -2.21. The molecule has 4 aromatic rings. The molecule has 1 N–H and O–H groups in total. The van der Waals surface area contributed by atoms with Gasteiger partial charge in [-0.05, 0) is 60.9 Å². The Balaban J connectivity index is 1.62. The highest BCUT2D eigenvalue weighted by atomic mass is 35.5. The van der Waals surface area contributed by atoms with Gasteiger partial charge in [-0.3, -0.25) is 0 Å². The number of sulfone groups is 1.